The van der Waals surface area contributed by atoms with Crippen LogP contribution in [-0.2, 0) is 6.42 Å². The standard InChI is InChI=1S/C23H22N4O2/c28-20-6-3-9-22(20)13-23(22)19(25-23)11-15-7-8-21-24-12-16(27(21)26-15)18-10-14-4-1-2-5-17(14)29-18/h1-2,4-5,7-8,10,12,19-20,25,28H,3,6,9,11,13H2/t19?,20-,22+,23-/m0/s1. The van der Waals surface area contributed by atoms with Crippen molar-refractivity contribution >= 4 is 16.6 Å². The van der Waals surface area contributed by atoms with Gasteiger partial charge in [-0.25, -0.2) is 9.50 Å². The number of fused-ring (bicyclic) bond motifs is 3. The first kappa shape index (κ1) is 16.1. The first-order valence-electron chi connectivity index (χ1n) is 10.5. The number of nitrogens with one attached hydrogen (secondary N) is 1. The second-order valence-corrected chi connectivity index (χ2v) is 9.00. The van der Waals surface area contributed by atoms with Crippen molar-refractivity contribution in [3.05, 3.63) is 54.4 Å². The van der Waals surface area contributed by atoms with Crippen molar-refractivity contribution in [1.82, 2.24) is 19.9 Å². The molecule has 6 nitrogen and oxygen atoms in total. The highest BCUT2D eigenvalue weighted by atomic mass is 16.3. The SMILES string of the molecule is O[C@H]1CCC[C@@]12C[C@@]21NC1Cc1ccc2ncc(-c3cc4ccccc4o3)n2n1. The highest BCUT2D eigenvalue weighted by Gasteiger charge is 2.82. The smallest absolute Gasteiger partial charge is 0.155 e. The molecule has 3 aromatic heterocycles. The molecule has 2 saturated carbocycles. The molecule has 4 aromatic rings. The number of aromatic nitrogens is 3. The molecule has 146 valence electrons. The van der Waals surface area contributed by atoms with Gasteiger partial charge in [0.2, 0.25) is 0 Å². The van der Waals surface area contributed by atoms with Crippen molar-refractivity contribution in [2.45, 2.75) is 49.8 Å². The van der Waals surface area contributed by atoms with Gasteiger partial charge in [0.05, 0.1) is 18.0 Å². The van der Waals surface area contributed by atoms with E-state index in [4.69, 9.17) is 9.52 Å². The molecule has 3 aliphatic rings. The van der Waals surface area contributed by atoms with Crippen LogP contribution in [0.4, 0.5) is 0 Å². The van der Waals surface area contributed by atoms with E-state index in [1.807, 2.05) is 47.1 Å². The van der Waals surface area contributed by atoms with Crippen LogP contribution < -0.4 is 5.32 Å². The molecule has 1 saturated heterocycles. The van der Waals surface area contributed by atoms with Crippen molar-refractivity contribution in [2.24, 2.45) is 5.41 Å². The lowest BCUT2D eigenvalue weighted by molar-refractivity contribution is 0.113. The van der Waals surface area contributed by atoms with Crippen molar-refractivity contribution in [3.8, 4) is 11.5 Å². The predicted molar refractivity (Wildman–Crippen MR) is 108 cm³/mol. The minimum absolute atomic E-state index is 0.135. The summed E-state index contributed by atoms with van der Waals surface area (Å²) in [4.78, 5) is 4.50. The molecule has 2 N–H and O–H groups in total. The molecule has 4 atom stereocenters. The molecule has 7 rings (SSSR count). The lowest BCUT2D eigenvalue weighted by atomic mass is 9.96. The molecule has 4 heterocycles. The second kappa shape index (κ2) is 5.26. The number of furan rings is 1. The zero-order valence-corrected chi connectivity index (χ0v) is 16.0. The summed E-state index contributed by atoms with van der Waals surface area (Å²) in [6.45, 7) is 0. The molecule has 2 aliphatic carbocycles. The highest BCUT2D eigenvalue weighted by Crippen LogP contribution is 2.72. The number of benzene rings is 1. The summed E-state index contributed by atoms with van der Waals surface area (Å²) in [6, 6.07) is 14.6. The zero-order chi connectivity index (χ0) is 19.2. The maximum absolute atomic E-state index is 10.4. The third-order valence-corrected chi connectivity index (χ3v) is 7.55. The highest BCUT2D eigenvalue weighted by molar-refractivity contribution is 5.82. The van der Waals surface area contributed by atoms with E-state index in [0.29, 0.717) is 6.04 Å². The Balaban J connectivity index is 1.21. The number of aliphatic hydroxyl groups excluding tert-OH is 1. The molecule has 3 fully saturated rings. The molecule has 1 unspecified atom stereocenters. The van der Waals surface area contributed by atoms with Gasteiger partial charge in [0.1, 0.15) is 11.3 Å². The summed E-state index contributed by atoms with van der Waals surface area (Å²) >= 11 is 0. The van der Waals surface area contributed by atoms with Crippen LogP contribution in [0.2, 0.25) is 0 Å². The minimum atomic E-state index is -0.135. The zero-order valence-electron chi connectivity index (χ0n) is 16.0. The molecule has 0 radical (unpaired) electrons. The summed E-state index contributed by atoms with van der Waals surface area (Å²) in [5.74, 6) is 0.777. The van der Waals surface area contributed by atoms with Gasteiger partial charge in [0.25, 0.3) is 0 Å². The van der Waals surface area contributed by atoms with Crippen LogP contribution in [-0.4, -0.2) is 37.4 Å². The lowest BCUT2D eigenvalue weighted by Crippen LogP contribution is -2.22. The first-order chi connectivity index (χ1) is 14.2. The molecule has 0 bridgehead atoms. The van der Waals surface area contributed by atoms with Crippen LogP contribution in [0.25, 0.3) is 28.1 Å². The van der Waals surface area contributed by atoms with Crippen molar-refractivity contribution < 1.29 is 9.52 Å². The predicted octanol–water partition coefficient (Wildman–Crippen LogP) is 3.33. The normalized spacial score (nSPS) is 32.7. The Hall–Kier alpha value is -2.70. The van der Waals surface area contributed by atoms with E-state index in [2.05, 4.69) is 16.4 Å². The van der Waals surface area contributed by atoms with Gasteiger partial charge >= 0.3 is 0 Å². The molecule has 29 heavy (non-hydrogen) atoms. The van der Waals surface area contributed by atoms with Crippen molar-refractivity contribution in [3.63, 3.8) is 0 Å². The van der Waals surface area contributed by atoms with Gasteiger partial charge in [-0.1, -0.05) is 24.6 Å². The summed E-state index contributed by atoms with van der Waals surface area (Å²) < 4.78 is 7.92. The Labute approximate surface area is 167 Å². The maximum Gasteiger partial charge on any atom is 0.155 e. The van der Waals surface area contributed by atoms with Crippen LogP contribution in [0.5, 0.6) is 0 Å². The van der Waals surface area contributed by atoms with Crippen LogP contribution in [0, 0.1) is 5.41 Å². The molecule has 0 amide bonds. The Morgan fingerprint density at radius 1 is 1.24 bits per heavy atom. The van der Waals surface area contributed by atoms with Crippen LogP contribution in [0.15, 0.2) is 53.1 Å². The summed E-state index contributed by atoms with van der Waals surface area (Å²) in [7, 11) is 0. The number of para-hydroxylation sites is 1. The van der Waals surface area contributed by atoms with E-state index >= 15 is 0 Å². The number of aliphatic hydroxyl groups is 1. The average molecular weight is 386 g/mol. The van der Waals surface area contributed by atoms with Gasteiger partial charge < -0.3 is 14.8 Å². The summed E-state index contributed by atoms with van der Waals surface area (Å²) in [6.07, 6.45) is 6.94. The number of hydrogen-bond donors (Lipinski definition) is 2. The fraction of sp³-hybridized carbons (Fsp3) is 0.391. The summed E-state index contributed by atoms with van der Waals surface area (Å²) in [5.41, 5.74) is 3.89. The van der Waals surface area contributed by atoms with Crippen molar-refractivity contribution in [2.75, 3.05) is 0 Å². The second-order valence-electron chi connectivity index (χ2n) is 9.00. The Morgan fingerprint density at radius 2 is 2.17 bits per heavy atom. The third-order valence-electron chi connectivity index (χ3n) is 7.55. The van der Waals surface area contributed by atoms with Crippen molar-refractivity contribution in [1.29, 1.82) is 0 Å². The fourth-order valence-electron chi connectivity index (χ4n) is 5.90. The van der Waals surface area contributed by atoms with Gasteiger partial charge in [-0.15, -0.1) is 0 Å². The van der Waals surface area contributed by atoms with Gasteiger partial charge in [0.15, 0.2) is 11.4 Å². The molecular weight excluding hydrogens is 364 g/mol. The minimum Gasteiger partial charge on any atom is -0.454 e. The molecule has 2 spiro atoms. The maximum atomic E-state index is 10.4. The number of nitrogens with zero attached hydrogens (tertiary/aromatic N) is 3. The van der Waals surface area contributed by atoms with E-state index < -0.39 is 0 Å². The molecule has 1 aromatic carbocycles. The van der Waals surface area contributed by atoms with Gasteiger partial charge in [-0.05, 0) is 43.5 Å². The van der Waals surface area contributed by atoms with E-state index in [0.717, 1.165) is 65.9 Å². The van der Waals surface area contributed by atoms with E-state index in [1.165, 1.54) is 0 Å². The van der Waals surface area contributed by atoms with Crippen LogP contribution in [0.1, 0.15) is 31.4 Å². The van der Waals surface area contributed by atoms with Gasteiger partial charge in [-0.3, -0.25) is 0 Å². The van der Waals surface area contributed by atoms with E-state index in [-0.39, 0.29) is 17.1 Å². The summed E-state index contributed by atoms with van der Waals surface area (Å²) in [5, 5.41) is 20.1. The van der Waals surface area contributed by atoms with Crippen LogP contribution in [0.3, 0.4) is 0 Å². The monoisotopic (exact) mass is 386 g/mol. The molecular formula is C23H22N4O2. The van der Waals surface area contributed by atoms with Gasteiger partial charge in [0, 0.05) is 28.8 Å². The average Bonchev–Trinajstić information content (AvgIpc) is 3.29. The third kappa shape index (κ3) is 2.08. The number of rotatable bonds is 3. The van der Waals surface area contributed by atoms with E-state index in [1.54, 1.807) is 0 Å². The topological polar surface area (TPSA) is 85.5 Å². The van der Waals surface area contributed by atoms with Gasteiger partial charge in [-0.2, -0.15) is 5.10 Å². The Morgan fingerprint density at radius 3 is 3.03 bits per heavy atom. The largest absolute Gasteiger partial charge is 0.454 e. The van der Waals surface area contributed by atoms with E-state index in [9.17, 15) is 5.11 Å². The van der Waals surface area contributed by atoms with Crippen LogP contribution >= 0.6 is 0 Å². The fourth-order valence-corrected chi connectivity index (χ4v) is 5.90. The Bertz CT molecular complexity index is 1240. The quantitative estimate of drug-likeness (QED) is 0.528. The number of imidazole rings is 1. The Kier molecular flexibility index (Phi) is 2.93. The molecule has 1 aliphatic heterocycles. The first-order valence-corrected chi connectivity index (χ1v) is 10.5. The lowest BCUT2D eigenvalue weighted by Gasteiger charge is -2.13. The molecule has 6 heteroatoms. The number of hydrogen-bond acceptors (Lipinski definition) is 5.